The number of hydrogen-bond donors (Lipinski definition) is 1. The van der Waals surface area contributed by atoms with Crippen molar-refractivity contribution in [1.82, 2.24) is 0 Å². The second-order valence-electron chi connectivity index (χ2n) is 4.83. The minimum atomic E-state index is -0.163. The molecule has 2 heteroatoms. The molecule has 0 spiro atoms. The lowest BCUT2D eigenvalue weighted by Crippen LogP contribution is -2.20. The number of Topliss-reactive ketones (excluding diaryl/α,β-unsaturated/α-hetero) is 1. The van der Waals surface area contributed by atoms with E-state index in [4.69, 9.17) is 0 Å². The van der Waals surface area contributed by atoms with Gasteiger partial charge in [-0.3, -0.25) is 0 Å². The number of carbonyl (C=O) groups excluding carboxylic acids is 1. The van der Waals surface area contributed by atoms with Crippen LogP contribution in [0, 0.1) is 5.92 Å². The zero-order valence-corrected chi connectivity index (χ0v) is 11.2. The Morgan fingerprint density at radius 2 is 1.81 bits per heavy atom. The zero-order valence-electron chi connectivity index (χ0n) is 11.2. The van der Waals surface area contributed by atoms with Crippen LogP contribution >= 0.6 is 0 Å². The van der Waals surface area contributed by atoms with Crippen LogP contribution in [-0.2, 0) is 4.79 Å². The summed E-state index contributed by atoms with van der Waals surface area (Å²) < 4.78 is 0. The predicted molar refractivity (Wildman–Crippen MR) is 68.5 cm³/mol. The third-order valence-corrected chi connectivity index (χ3v) is 3.28. The van der Waals surface area contributed by atoms with Crippen LogP contribution in [-0.4, -0.2) is 17.0 Å². The Bertz CT molecular complexity index is 178. The van der Waals surface area contributed by atoms with Crippen LogP contribution in [0.15, 0.2) is 0 Å². The number of aliphatic hydroxyl groups is 1. The van der Waals surface area contributed by atoms with Gasteiger partial charge in [-0.25, -0.2) is 0 Å². The molecule has 0 heterocycles. The Kier molecular flexibility index (Phi) is 9.60. The number of unbranched alkanes of at least 4 members (excludes halogenated alkanes) is 2. The molecule has 96 valence electrons. The van der Waals surface area contributed by atoms with Crippen molar-refractivity contribution in [3.05, 3.63) is 0 Å². The summed E-state index contributed by atoms with van der Waals surface area (Å²) in [5.41, 5.74) is 0. The topological polar surface area (TPSA) is 37.3 Å². The summed E-state index contributed by atoms with van der Waals surface area (Å²) >= 11 is 0. The average molecular weight is 228 g/mol. The van der Waals surface area contributed by atoms with Gasteiger partial charge in [0.05, 0.1) is 6.10 Å². The van der Waals surface area contributed by atoms with E-state index in [1.807, 2.05) is 0 Å². The van der Waals surface area contributed by atoms with E-state index in [0.717, 1.165) is 32.1 Å². The third-order valence-electron chi connectivity index (χ3n) is 3.28. The van der Waals surface area contributed by atoms with Gasteiger partial charge in [0.2, 0.25) is 0 Å². The summed E-state index contributed by atoms with van der Waals surface area (Å²) in [4.78, 5) is 10.8. The van der Waals surface area contributed by atoms with Crippen LogP contribution in [0.2, 0.25) is 0 Å². The molecule has 2 nitrogen and oxygen atoms in total. The van der Waals surface area contributed by atoms with E-state index >= 15 is 0 Å². The summed E-state index contributed by atoms with van der Waals surface area (Å²) in [6, 6.07) is 0. The summed E-state index contributed by atoms with van der Waals surface area (Å²) in [7, 11) is 0. The summed E-state index contributed by atoms with van der Waals surface area (Å²) in [6.45, 7) is 5.94. The standard InChI is InChI=1S/C14H28O2/c1-4-6-7-11-14(16)13(5-2)10-8-9-12(3)15/h13-14,16H,4-11H2,1-3H3. The van der Waals surface area contributed by atoms with Crippen molar-refractivity contribution in [1.29, 1.82) is 0 Å². The lowest BCUT2D eigenvalue weighted by Gasteiger charge is -2.21. The van der Waals surface area contributed by atoms with Crippen LogP contribution in [0.3, 0.4) is 0 Å². The maximum Gasteiger partial charge on any atom is 0.129 e. The number of hydrogen-bond acceptors (Lipinski definition) is 2. The highest BCUT2D eigenvalue weighted by atomic mass is 16.3. The van der Waals surface area contributed by atoms with Gasteiger partial charge in [0.1, 0.15) is 5.78 Å². The molecule has 2 unspecified atom stereocenters. The Balaban J connectivity index is 3.73. The zero-order chi connectivity index (χ0) is 12.4. The van der Waals surface area contributed by atoms with Crippen LogP contribution in [0.4, 0.5) is 0 Å². The third kappa shape index (κ3) is 7.86. The van der Waals surface area contributed by atoms with Crippen molar-refractivity contribution in [2.75, 3.05) is 0 Å². The molecule has 0 aromatic heterocycles. The molecule has 0 saturated heterocycles. The number of rotatable bonds is 10. The molecule has 0 radical (unpaired) electrons. The molecule has 1 N–H and O–H groups in total. The molecule has 0 rings (SSSR count). The highest BCUT2D eigenvalue weighted by Crippen LogP contribution is 2.21. The first-order valence-corrected chi connectivity index (χ1v) is 6.79. The van der Waals surface area contributed by atoms with Gasteiger partial charge in [0.15, 0.2) is 0 Å². The van der Waals surface area contributed by atoms with Crippen molar-refractivity contribution in [3.8, 4) is 0 Å². The fourth-order valence-electron chi connectivity index (χ4n) is 2.12. The lowest BCUT2D eigenvalue weighted by molar-refractivity contribution is -0.117. The van der Waals surface area contributed by atoms with Crippen LogP contribution in [0.5, 0.6) is 0 Å². The van der Waals surface area contributed by atoms with Crippen LogP contribution in [0.1, 0.15) is 72.1 Å². The highest BCUT2D eigenvalue weighted by Gasteiger charge is 2.16. The number of aliphatic hydroxyl groups excluding tert-OH is 1. The second-order valence-corrected chi connectivity index (χ2v) is 4.83. The lowest BCUT2D eigenvalue weighted by atomic mass is 9.90. The van der Waals surface area contributed by atoms with Gasteiger partial charge in [-0.05, 0) is 32.1 Å². The number of carbonyl (C=O) groups is 1. The van der Waals surface area contributed by atoms with Gasteiger partial charge < -0.3 is 9.90 Å². The first-order chi connectivity index (χ1) is 7.61. The SMILES string of the molecule is CCCCCC(O)C(CC)CCCC(C)=O. The molecule has 0 aliphatic heterocycles. The van der Waals surface area contributed by atoms with Crippen molar-refractivity contribution in [2.45, 2.75) is 78.2 Å². The smallest absolute Gasteiger partial charge is 0.129 e. The Hall–Kier alpha value is -0.370. The van der Waals surface area contributed by atoms with E-state index in [2.05, 4.69) is 13.8 Å². The molecule has 0 aliphatic rings. The maximum absolute atomic E-state index is 10.8. The normalized spacial score (nSPS) is 14.8. The van der Waals surface area contributed by atoms with E-state index in [0.29, 0.717) is 12.3 Å². The molecule has 0 fully saturated rings. The Morgan fingerprint density at radius 3 is 2.31 bits per heavy atom. The Morgan fingerprint density at radius 1 is 1.12 bits per heavy atom. The van der Waals surface area contributed by atoms with Gasteiger partial charge in [-0.15, -0.1) is 0 Å². The molecule has 0 aliphatic carbocycles. The van der Waals surface area contributed by atoms with Gasteiger partial charge in [0.25, 0.3) is 0 Å². The van der Waals surface area contributed by atoms with Gasteiger partial charge in [0, 0.05) is 6.42 Å². The van der Waals surface area contributed by atoms with Crippen LogP contribution in [0.25, 0.3) is 0 Å². The van der Waals surface area contributed by atoms with Crippen LogP contribution < -0.4 is 0 Å². The van der Waals surface area contributed by atoms with E-state index in [-0.39, 0.29) is 11.9 Å². The molecule has 0 aromatic carbocycles. The van der Waals surface area contributed by atoms with Crippen molar-refractivity contribution in [2.24, 2.45) is 5.92 Å². The molecular weight excluding hydrogens is 200 g/mol. The summed E-state index contributed by atoms with van der Waals surface area (Å²) in [5, 5.41) is 10.0. The van der Waals surface area contributed by atoms with Crippen molar-refractivity contribution < 1.29 is 9.90 Å². The number of ketones is 1. The Labute approximate surface area is 100 Å². The fourth-order valence-corrected chi connectivity index (χ4v) is 2.12. The minimum Gasteiger partial charge on any atom is -0.393 e. The first kappa shape index (κ1) is 15.6. The van der Waals surface area contributed by atoms with E-state index in [1.165, 1.54) is 12.8 Å². The van der Waals surface area contributed by atoms with Crippen molar-refractivity contribution in [3.63, 3.8) is 0 Å². The quantitative estimate of drug-likeness (QED) is 0.579. The largest absolute Gasteiger partial charge is 0.393 e. The van der Waals surface area contributed by atoms with E-state index in [9.17, 15) is 9.90 Å². The first-order valence-electron chi connectivity index (χ1n) is 6.79. The highest BCUT2D eigenvalue weighted by molar-refractivity contribution is 5.75. The minimum absolute atomic E-state index is 0.163. The summed E-state index contributed by atoms with van der Waals surface area (Å²) in [5.74, 6) is 0.645. The van der Waals surface area contributed by atoms with Gasteiger partial charge in [-0.2, -0.15) is 0 Å². The molecule has 2 atom stereocenters. The molecule has 0 bridgehead atoms. The monoisotopic (exact) mass is 228 g/mol. The van der Waals surface area contributed by atoms with E-state index in [1.54, 1.807) is 6.92 Å². The fraction of sp³-hybridized carbons (Fsp3) is 0.929. The molecule has 0 amide bonds. The van der Waals surface area contributed by atoms with Gasteiger partial charge in [-0.1, -0.05) is 39.5 Å². The molecule has 0 saturated carbocycles. The average Bonchev–Trinajstić information content (AvgIpc) is 2.24. The van der Waals surface area contributed by atoms with E-state index < -0.39 is 0 Å². The molecule has 0 aromatic rings. The second kappa shape index (κ2) is 9.83. The molecular formula is C14H28O2. The molecule has 16 heavy (non-hydrogen) atoms. The van der Waals surface area contributed by atoms with Crippen molar-refractivity contribution >= 4 is 5.78 Å². The summed E-state index contributed by atoms with van der Waals surface area (Å²) in [6.07, 6.45) is 7.90. The maximum atomic E-state index is 10.8. The predicted octanol–water partition coefficient (Wildman–Crippen LogP) is 3.71. The van der Waals surface area contributed by atoms with Gasteiger partial charge >= 0.3 is 0 Å².